The number of aliphatic carboxylic acids is 1. The first-order valence-electron chi connectivity index (χ1n) is 5.67. The molecule has 6 heteroatoms. The third-order valence-electron chi connectivity index (χ3n) is 2.42. The molecule has 1 heterocycles. The van der Waals surface area contributed by atoms with E-state index in [4.69, 9.17) is 14.3 Å². The van der Waals surface area contributed by atoms with Crippen molar-refractivity contribution < 1.29 is 23.8 Å². The molecular weight excluding hydrogens is 238 g/mol. The Morgan fingerprint density at radius 1 is 1.44 bits per heavy atom. The molecule has 100 valence electrons. The van der Waals surface area contributed by atoms with Gasteiger partial charge in [-0.15, -0.1) is 0 Å². The van der Waals surface area contributed by atoms with E-state index in [-0.39, 0.29) is 24.6 Å². The highest BCUT2D eigenvalue weighted by molar-refractivity contribution is 5.91. The Bertz CT molecular complexity index is 412. The van der Waals surface area contributed by atoms with Crippen LogP contribution in [0, 0.1) is 0 Å². The fourth-order valence-corrected chi connectivity index (χ4v) is 1.50. The van der Waals surface area contributed by atoms with Gasteiger partial charge in [-0.05, 0) is 19.1 Å². The standard InChI is InChI=1S/C12H17NO5/c1-3-13(7-6-11(14)15)12(16)10-5-4-9(18-10)8-17-2/h4-5H,3,6-8H2,1-2H3,(H,14,15). The van der Waals surface area contributed by atoms with Gasteiger partial charge in [-0.3, -0.25) is 9.59 Å². The van der Waals surface area contributed by atoms with Gasteiger partial charge in [0.05, 0.1) is 6.42 Å². The zero-order chi connectivity index (χ0) is 13.5. The second kappa shape index (κ2) is 6.80. The number of carboxylic acid groups (broad SMARTS) is 1. The summed E-state index contributed by atoms with van der Waals surface area (Å²) in [5, 5.41) is 8.61. The zero-order valence-electron chi connectivity index (χ0n) is 10.5. The number of nitrogens with zero attached hydrogens (tertiary/aromatic N) is 1. The third-order valence-corrected chi connectivity index (χ3v) is 2.42. The summed E-state index contributed by atoms with van der Waals surface area (Å²) >= 11 is 0. The van der Waals surface area contributed by atoms with E-state index >= 15 is 0 Å². The smallest absolute Gasteiger partial charge is 0.305 e. The fourth-order valence-electron chi connectivity index (χ4n) is 1.50. The first kappa shape index (κ1) is 14.2. The molecule has 1 aromatic rings. The van der Waals surface area contributed by atoms with E-state index in [0.29, 0.717) is 18.9 Å². The molecular formula is C12H17NO5. The van der Waals surface area contributed by atoms with Crippen molar-refractivity contribution in [2.24, 2.45) is 0 Å². The summed E-state index contributed by atoms with van der Waals surface area (Å²) < 4.78 is 10.2. The molecule has 0 radical (unpaired) electrons. The van der Waals surface area contributed by atoms with Gasteiger partial charge in [-0.25, -0.2) is 0 Å². The Morgan fingerprint density at radius 2 is 2.17 bits per heavy atom. The van der Waals surface area contributed by atoms with E-state index in [9.17, 15) is 9.59 Å². The van der Waals surface area contributed by atoms with Gasteiger partial charge < -0.3 is 19.2 Å². The summed E-state index contributed by atoms with van der Waals surface area (Å²) in [6.07, 6.45) is -0.0782. The van der Waals surface area contributed by atoms with Crippen LogP contribution in [-0.2, 0) is 16.1 Å². The molecule has 6 nitrogen and oxygen atoms in total. The maximum atomic E-state index is 12.0. The fraction of sp³-hybridized carbons (Fsp3) is 0.500. The molecule has 0 unspecified atom stereocenters. The number of rotatable bonds is 7. The Labute approximate surface area is 105 Å². The largest absolute Gasteiger partial charge is 0.481 e. The molecule has 1 aromatic heterocycles. The SMILES string of the molecule is CCN(CCC(=O)O)C(=O)c1ccc(COC)o1. The average molecular weight is 255 g/mol. The minimum Gasteiger partial charge on any atom is -0.481 e. The van der Waals surface area contributed by atoms with Crippen molar-refractivity contribution in [1.29, 1.82) is 0 Å². The highest BCUT2D eigenvalue weighted by Crippen LogP contribution is 2.12. The lowest BCUT2D eigenvalue weighted by Crippen LogP contribution is -2.32. The minimum absolute atomic E-state index is 0.0782. The van der Waals surface area contributed by atoms with Crippen molar-refractivity contribution in [2.75, 3.05) is 20.2 Å². The van der Waals surface area contributed by atoms with Crippen LogP contribution in [0.1, 0.15) is 29.7 Å². The van der Waals surface area contributed by atoms with Gasteiger partial charge in [0.2, 0.25) is 0 Å². The summed E-state index contributed by atoms with van der Waals surface area (Å²) in [5.41, 5.74) is 0. The van der Waals surface area contributed by atoms with Crippen LogP contribution in [0.2, 0.25) is 0 Å². The Kier molecular flexibility index (Phi) is 5.38. The quantitative estimate of drug-likeness (QED) is 0.795. The normalized spacial score (nSPS) is 10.3. The second-order valence-electron chi connectivity index (χ2n) is 3.73. The molecule has 18 heavy (non-hydrogen) atoms. The molecule has 1 N–H and O–H groups in total. The van der Waals surface area contributed by atoms with Gasteiger partial charge in [0.1, 0.15) is 12.4 Å². The van der Waals surface area contributed by atoms with Crippen molar-refractivity contribution >= 4 is 11.9 Å². The molecule has 0 bridgehead atoms. The van der Waals surface area contributed by atoms with Crippen molar-refractivity contribution in [1.82, 2.24) is 4.90 Å². The molecule has 0 atom stereocenters. The van der Waals surface area contributed by atoms with Gasteiger partial charge in [0, 0.05) is 20.2 Å². The molecule has 0 saturated carbocycles. The van der Waals surface area contributed by atoms with Gasteiger partial charge in [-0.2, -0.15) is 0 Å². The molecule has 0 aliphatic carbocycles. The maximum absolute atomic E-state index is 12.0. The van der Waals surface area contributed by atoms with Crippen LogP contribution in [0.3, 0.4) is 0 Å². The number of carbonyl (C=O) groups is 2. The monoisotopic (exact) mass is 255 g/mol. The third kappa shape index (κ3) is 3.89. The lowest BCUT2D eigenvalue weighted by Gasteiger charge is -2.18. The number of hydrogen-bond donors (Lipinski definition) is 1. The molecule has 0 saturated heterocycles. The topological polar surface area (TPSA) is 80.0 Å². The van der Waals surface area contributed by atoms with Crippen LogP contribution >= 0.6 is 0 Å². The van der Waals surface area contributed by atoms with E-state index in [1.807, 2.05) is 0 Å². The predicted octanol–water partition coefficient (Wildman–Crippen LogP) is 1.36. The number of furan rings is 1. The van der Waals surface area contributed by atoms with E-state index < -0.39 is 5.97 Å². The number of carboxylic acids is 1. The summed E-state index contributed by atoms with van der Waals surface area (Å²) in [7, 11) is 1.54. The van der Waals surface area contributed by atoms with Crippen molar-refractivity contribution in [3.63, 3.8) is 0 Å². The molecule has 0 aliphatic heterocycles. The van der Waals surface area contributed by atoms with Crippen LogP contribution in [0.15, 0.2) is 16.5 Å². The minimum atomic E-state index is -0.930. The molecule has 0 fully saturated rings. The van der Waals surface area contributed by atoms with E-state index in [1.54, 1.807) is 19.1 Å². The number of carbonyl (C=O) groups excluding carboxylic acids is 1. The maximum Gasteiger partial charge on any atom is 0.305 e. The first-order chi connectivity index (χ1) is 8.58. The van der Waals surface area contributed by atoms with Gasteiger partial charge in [0.25, 0.3) is 5.91 Å². The second-order valence-corrected chi connectivity index (χ2v) is 3.73. The molecule has 0 spiro atoms. The molecule has 0 aliphatic rings. The van der Waals surface area contributed by atoms with Crippen molar-refractivity contribution in [3.05, 3.63) is 23.7 Å². The molecule has 0 aromatic carbocycles. The highest BCUT2D eigenvalue weighted by Gasteiger charge is 2.18. The van der Waals surface area contributed by atoms with Crippen LogP contribution in [0.25, 0.3) is 0 Å². The van der Waals surface area contributed by atoms with Crippen molar-refractivity contribution in [3.8, 4) is 0 Å². The Hall–Kier alpha value is -1.82. The number of hydrogen-bond acceptors (Lipinski definition) is 4. The summed E-state index contributed by atoms with van der Waals surface area (Å²) in [6, 6.07) is 3.24. The van der Waals surface area contributed by atoms with E-state index in [0.717, 1.165) is 0 Å². The lowest BCUT2D eigenvalue weighted by molar-refractivity contribution is -0.137. The average Bonchev–Trinajstić information content (AvgIpc) is 2.78. The van der Waals surface area contributed by atoms with Crippen LogP contribution < -0.4 is 0 Å². The first-order valence-corrected chi connectivity index (χ1v) is 5.67. The highest BCUT2D eigenvalue weighted by atomic mass is 16.5. The molecule has 1 rings (SSSR count). The van der Waals surface area contributed by atoms with Gasteiger partial charge >= 0.3 is 5.97 Å². The Balaban J connectivity index is 2.66. The number of methoxy groups -OCH3 is 1. The van der Waals surface area contributed by atoms with Crippen LogP contribution in [-0.4, -0.2) is 42.1 Å². The Morgan fingerprint density at radius 3 is 2.72 bits per heavy atom. The lowest BCUT2D eigenvalue weighted by atomic mass is 10.3. The summed E-state index contributed by atoms with van der Waals surface area (Å²) in [6.45, 7) is 2.70. The zero-order valence-corrected chi connectivity index (χ0v) is 10.5. The predicted molar refractivity (Wildman–Crippen MR) is 63.3 cm³/mol. The van der Waals surface area contributed by atoms with Crippen LogP contribution in [0.5, 0.6) is 0 Å². The van der Waals surface area contributed by atoms with E-state index in [1.165, 1.54) is 12.0 Å². The van der Waals surface area contributed by atoms with E-state index in [2.05, 4.69) is 0 Å². The van der Waals surface area contributed by atoms with Crippen LogP contribution in [0.4, 0.5) is 0 Å². The van der Waals surface area contributed by atoms with Gasteiger partial charge in [0.15, 0.2) is 5.76 Å². The summed E-state index contributed by atoms with van der Waals surface area (Å²) in [4.78, 5) is 23.9. The summed E-state index contributed by atoms with van der Waals surface area (Å²) in [5.74, 6) is -0.466. The number of ether oxygens (including phenoxy) is 1. The van der Waals surface area contributed by atoms with Gasteiger partial charge in [-0.1, -0.05) is 0 Å². The van der Waals surface area contributed by atoms with Crippen molar-refractivity contribution in [2.45, 2.75) is 20.0 Å². The number of amides is 1. The molecule has 1 amide bonds.